The Hall–Kier alpha value is -2.55. The van der Waals surface area contributed by atoms with E-state index in [1.807, 2.05) is 97.9 Å². The summed E-state index contributed by atoms with van der Waals surface area (Å²) in [5.41, 5.74) is 3.20. The van der Waals surface area contributed by atoms with Crippen LogP contribution in [0.2, 0.25) is 0 Å². The molecule has 0 amide bonds. The number of hydrogen-bond acceptors (Lipinski definition) is 6. The zero-order valence-corrected chi connectivity index (χ0v) is 26.9. The first kappa shape index (κ1) is 33.9. The Balaban J connectivity index is 1.86. The fourth-order valence-corrected chi connectivity index (χ4v) is 5.94. The molecule has 3 rings (SSSR count). The molecule has 0 aromatic heterocycles. The smallest absolute Gasteiger partial charge is 0.325 e. The van der Waals surface area contributed by atoms with E-state index in [-0.39, 0.29) is 17.9 Å². The molecule has 3 aromatic rings. The van der Waals surface area contributed by atoms with E-state index < -0.39 is 28.4 Å². The van der Waals surface area contributed by atoms with Crippen LogP contribution in [-0.4, -0.2) is 47.4 Å². The number of esters is 1. The minimum absolute atomic E-state index is 0.00977. The predicted molar refractivity (Wildman–Crippen MR) is 169 cm³/mol. The zero-order chi connectivity index (χ0) is 30.5. The van der Waals surface area contributed by atoms with E-state index in [1.165, 1.54) is 7.11 Å². The van der Waals surface area contributed by atoms with Gasteiger partial charge in [-0.2, -0.15) is 0 Å². The molecule has 0 saturated heterocycles. The molecule has 42 heavy (non-hydrogen) atoms. The van der Waals surface area contributed by atoms with Crippen LogP contribution in [0.1, 0.15) is 44.4 Å². The molecule has 7 heteroatoms. The number of ether oxygens (including phenoxy) is 4. The van der Waals surface area contributed by atoms with Gasteiger partial charge in [0.15, 0.2) is 0 Å². The Labute approximate surface area is 259 Å². The molecule has 0 radical (unpaired) electrons. The predicted octanol–water partition coefficient (Wildman–Crippen LogP) is 6.97. The maximum absolute atomic E-state index is 12.6. The fraction of sp³-hybridized carbons (Fsp3) is 0.457. The molecule has 228 valence electrons. The number of carbonyl (C=O) groups excluding carboxylic acids is 1. The normalized spacial score (nSPS) is 17.3. The largest absolute Gasteiger partial charge is 0.468 e. The number of rotatable bonds is 17. The van der Waals surface area contributed by atoms with Gasteiger partial charge in [0.2, 0.25) is 0 Å². The number of hydrogen-bond donors (Lipinski definition) is 1. The molecule has 0 aliphatic heterocycles. The van der Waals surface area contributed by atoms with Crippen LogP contribution in [0.25, 0.3) is 0 Å². The first-order chi connectivity index (χ1) is 20.1. The van der Waals surface area contributed by atoms with Gasteiger partial charge in [0.25, 0.3) is 0 Å². The summed E-state index contributed by atoms with van der Waals surface area (Å²) in [6.45, 7) is 9.52. The molecule has 0 aliphatic carbocycles. The second-order valence-electron chi connectivity index (χ2n) is 11.2. The van der Waals surface area contributed by atoms with Crippen molar-refractivity contribution in [2.24, 2.45) is 17.8 Å². The molecule has 6 nitrogen and oxygen atoms in total. The van der Waals surface area contributed by atoms with Crippen LogP contribution >= 0.6 is 15.9 Å². The van der Waals surface area contributed by atoms with Crippen LogP contribution in [0.4, 0.5) is 0 Å². The molecule has 0 aliphatic rings. The topological polar surface area (TPSA) is 74.2 Å². The lowest BCUT2D eigenvalue weighted by atomic mass is 9.79. The summed E-state index contributed by atoms with van der Waals surface area (Å²) in [4.78, 5) is 12.6. The lowest BCUT2D eigenvalue weighted by Crippen LogP contribution is -2.52. The number of aliphatic hydroxyl groups is 1. The number of halogens is 1. The van der Waals surface area contributed by atoms with Gasteiger partial charge in [0, 0.05) is 17.8 Å². The highest BCUT2D eigenvalue weighted by Gasteiger charge is 2.46. The standard InChI is InChI=1S/C35H45BrO6/c1-25(21-40-22-28-15-9-6-10-16-28)31(41-23-29-17-11-7-12-18-29)26(2)32(42-24-30-19-13-8-14-20-30)27(3)33(37)35(4,36)34(38)39-5/h6-20,25-27,31-33,37H,21-24H2,1-5H3/t25-,26-,27-,31-,32-,33+,35?/m0/s1. The molecule has 1 N–H and O–H groups in total. The van der Waals surface area contributed by atoms with E-state index in [0.717, 1.165) is 16.7 Å². The van der Waals surface area contributed by atoms with Crippen molar-refractivity contribution in [1.29, 1.82) is 0 Å². The van der Waals surface area contributed by atoms with Gasteiger partial charge in [0.05, 0.1) is 51.8 Å². The minimum atomic E-state index is -1.31. The Morgan fingerprint density at radius 2 is 1.17 bits per heavy atom. The molecule has 0 saturated carbocycles. The number of carbonyl (C=O) groups is 1. The number of benzene rings is 3. The van der Waals surface area contributed by atoms with Crippen molar-refractivity contribution in [3.8, 4) is 0 Å². The van der Waals surface area contributed by atoms with E-state index >= 15 is 0 Å². The van der Waals surface area contributed by atoms with Gasteiger partial charge in [-0.3, -0.25) is 4.79 Å². The Morgan fingerprint density at radius 1 is 0.738 bits per heavy atom. The number of aliphatic hydroxyl groups excluding tert-OH is 1. The second kappa shape index (κ2) is 16.9. The lowest BCUT2D eigenvalue weighted by Gasteiger charge is -2.41. The van der Waals surface area contributed by atoms with Crippen LogP contribution in [0, 0.1) is 17.8 Å². The van der Waals surface area contributed by atoms with Crippen molar-refractivity contribution in [3.05, 3.63) is 108 Å². The van der Waals surface area contributed by atoms with Crippen LogP contribution in [0.15, 0.2) is 91.0 Å². The molecule has 0 bridgehead atoms. The van der Waals surface area contributed by atoms with Crippen molar-refractivity contribution < 1.29 is 28.8 Å². The van der Waals surface area contributed by atoms with Crippen molar-refractivity contribution in [3.63, 3.8) is 0 Å². The zero-order valence-electron chi connectivity index (χ0n) is 25.3. The van der Waals surface area contributed by atoms with Crippen molar-refractivity contribution >= 4 is 21.9 Å². The molecule has 1 unspecified atom stereocenters. The quantitative estimate of drug-likeness (QED) is 0.127. The summed E-state index contributed by atoms with van der Waals surface area (Å²) in [6, 6.07) is 30.1. The van der Waals surface area contributed by atoms with E-state index in [0.29, 0.717) is 26.4 Å². The summed E-state index contributed by atoms with van der Waals surface area (Å²) in [6.07, 6.45) is -1.82. The fourth-order valence-electron chi connectivity index (χ4n) is 5.36. The third-order valence-electron chi connectivity index (χ3n) is 7.82. The Kier molecular flexibility index (Phi) is 13.7. The van der Waals surface area contributed by atoms with Gasteiger partial charge in [-0.15, -0.1) is 0 Å². The van der Waals surface area contributed by atoms with Gasteiger partial charge in [-0.1, -0.05) is 128 Å². The summed E-state index contributed by atoms with van der Waals surface area (Å²) in [7, 11) is 1.32. The molecular weight excluding hydrogens is 596 g/mol. The van der Waals surface area contributed by atoms with Gasteiger partial charge >= 0.3 is 5.97 Å². The minimum Gasteiger partial charge on any atom is -0.468 e. The monoisotopic (exact) mass is 640 g/mol. The van der Waals surface area contributed by atoms with Crippen LogP contribution < -0.4 is 0 Å². The summed E-state index contributed by atoms with van der Waals surface area (Å²) in [5.74, 6) is -1.16. The van der Waals surface area contributed by atoms with E-state index in [4.69, 9.17) is 18.9 Å². The maximum Gasteiger partial charge on any atom is 0.325 e. The highest BCUT2D eigenvalue weighted by Crippen LogP contribution is 2.36. The van der Waals surface area contributed by atoms with Crippen LogP contribution in [0.3, 0.4) is 0 Å². The number of alkyl halides is 1. The first-order valence-electron chi connectivity index (χ1n) is 14.5. The maximum atomic E-state index is 12.6. The van der Waals surface area contributed by atoms with E-state index in [9.17, 15) is 9.90 Å². The van der Waals surface area contributed by atoms with Gasteiger partial charge < -0.3 is 24.1 Å². The lowest BCUT2D eigenvalue weighted by molar-refractivity contribution is -0.153. The summed E-state index contributed by atoms with van der Waals surface area (Å²) in [5, 5.41) is 11.5. The third kappa shape index (κ3) is 9.75. The molecule has 0 fully saturated rings. The molecule has 0 spiro atoms. The van der Waals surface area contributed by atoms with Crippen molar-refractivity contribution in [2.75, 3.05) is 13.7 Å². The summed E-state index contributed by atoms with van der Waals surface area (Å²) >= 11 is 3.44. The average Bonchev–Trinajstić information content (AvgIpc) is 3.01. The Bertz CT molecular complexity index is 1170. The van der Waals surface area contributed by atoms with Crippen molar-refractivity contribution in [1.82, 2.24) is 0 Å². The van der Waals surface area contributed by atoms with Crippen molar-refractivity contribution in [2.45, 2.75) is 70.2 Å². The second-order valence-corrected chi connectivity index (χ2v) is 12.9. The molecule has 7 atom stereocenters. The molecular formula is C35H45BrO6. The van der Waals surface area contributed by atoms with E-state index in [1.54, 1.807) is 6.92 Å². The third-order valence-corrected chi connectivity index (χ3v) is 8.61. The summed E-state index contributed by atoms with van der Waals surface area (Å²) < 4.78 is 23.0. The van der Waals surface area contributed by atoms with Gasteiger partial charge in [-0.05, 0) is 23.6 Å². The number of methoxy groups -OCH3 is 1. The highest BCUT2D eigenvalue weighted by atomic mass is 79.9. The molecule has 0 heterocycles. The van der Waals surface area contributed by atoms with Crippen LogP contribution in [-0.2, 0) is 43.6 Å². The van der Waals surface area contributed by atoms with Crippen LogP contribution in [0.5, 0.6) is 0 Å². The highest BCUT2D eigenvalue weighted by molar-refractivity contribution is 9.10. The van der Waals surface area contributed by atoms with Gasteiger partial charge in [0.1, 0.15) is 4.32 Å². The SMILES string of the molecule is COC(=O)C(C)(Br)[C@H](O)[C@@H](C)[C@@H](OCc1ccccc1)[C@@H](C)[C@@H](OCc1ccccc1)[C@@H](C)COCc1ccccc1. The molecule has 3 aromatic carbocycles. The first-order valence-corrected chi connectivity index (χ1v) is 15.3. The van der Waals surface area contributed by atoms with Gasteiger partial charge in [-0.25, -0.2) is 0 Å². The average molecular weight is 642 g/mol. The van der Waals surface area contributed by atoms with E-state index in [2.05, 4.69) is 29.8 Å². The Morgan fingerprint density at radius 3 is 1.62 bits per heavy atom.